The van der Waals surface area contributed by atoms with Crippen LogP contribution >= 0.6 is 0 Å². The first-order valence-electron chi connectivity index (χ1n) is 7.85. The van der Waals surface area contributed by atoms with Crippen molar-refractivity contribution in [2.24, 2.45) is 5.92 Å². The molecule has 0 radical (unpaired) electrons. The summed E-state index contributed by atoms with van der Waals surface area (Å²) >= 11 is 0. The number of rotatable bonds is 12. The van der Waals surface area contributed by atoms with Crippen LogP contribution in [-0.4, -0.2) is 57.1 Å². The minimum atomic E-state index is -0.0817. The second-order valence-electron chi connectivity index (χ2n) is 5.49. The van der Waals surface area contributed by atoms with Gasteiger partial charge in [-0.3, -0.25) is 14.4 Å². The smallest absolute Gasteiger partial charge is 0.222 e. The highest BCUT2D eigenvalue weighted by molar-refractivity contribution is 5.92. The van der Waals surface area contributed by atoms with E-state index in [1.165, 1.54) is 6.08 Å². The Morgan fingerprint density at radius 1 is 1.13 bits per heavy atom. The fourth-order valence-electron chi connectivity index (χ4n) is 2.25. The van der Waals surface area contributed by atoms with Gasteiger partial charge in [0.2, 0.25) is 11.8 Å². The molecule has 0 aromatic rings. The van der Waals surface area contributed by atoms with Gasteiger partial charge in [-0.15, -0.1) is 0 Å². The number of ketones is 1. The Bertz CT molecular complexity index is 419. The second kappa shape index (κ2) is 10.9. The third-order valence-corrected chi connectivity index (χ3v) is 3.68. The SMILES string of the molecule is C=CC(=O)C1CC(NC(=O)CCOCCNC(=O)CCOC)C1. The van der Waals surface area contributed by atoms with E-state index >= 15 is 0 Å². The Morgan fingerprint density at radius 2 is 1.83 bits per heavy atom. The molecule has 2 N–H and O–H groups in total. The van der Waals surface area contributed by atoms with Gasteiger partial charge in [0.25, 0.3) is 0 Å². The molecule has 1 rings (SSSR count). The highest BCUT2D eigenvalue weighted by Gasteiger charge is 2.33. The fraction of sp³-hybridized carbons (Fsp3) is 0.688. The number of amides is 2. The number of methoxy groups -OCH3 is 1. The molecule has 1 saturated carbocycles. The van der Waals surface area contributed by atoms with E-state index in [1.54, 1.807) is 7.11 Å². The maximum atomic E-state index is 11.7. The van der Waals surface area contributed by atoms with Crippen LogP contribution in [-0.2, 0) is 23.9 Å². The van der Waals surface area contributed by atoms with Gasteiger partial charge in [0.1, 0.15) is 0 Å². The summed E-state index contributed by atoms with van der Waals surface area (Å²) in [6.45, 7) is 4.94. The molecule has 0 bridgehead atoms. The summed E-state index contributed by atoms with van der Waals surface area (Å²) in [5.41, 5.74) is 0. The first kappa shape index (κ1) is 19.3. The standard InChI is InChI=1S/C16H26N2O5/c1-3-14(19)12-10-13(11-12)18-16(21)5-8-23-9-6-17-15(20)4-7-22-2/h3,12-13H,1,4-11H2,2H3,(H,17,20)(H,18,21). The summed E-state index contributed by atoms with van der Waals surface area (Å²) in [7, 11) is 1.54. The van der Waals surface area contributed by atoms with E-state index in [9.17, 15) is 14.4 Å². The molecule has 1 aliphatic rings. The third-order valence-electron chi connectivity index (χ3n) is 3.68. The van der Waals surface area contributed by atoms with E-state index in [4.69, 9.17) is 9.47 Å². The molecular weight excluding hydrogens is 300 g/mol. The van der Waals surface area contributed by atoms with Crippen molar-refractivity contribution in [2.75, 3.05) is 33.5 Å². The molecule has 1 fully saturated rings. The molecule has 0 aromatic heterocycles. The predicted octanol–water partition coefficient (Wildman–Crippen LogP) is 0.196. The molecule has 7 nitrogen and oxygen atoms in total. The van der Waals surface area contributed by atoms with Crippen molar-refractivity contribution in [3.05, 3.63) is 12.7 Å². The molecule has 0 aromatic carbocycles. The van der Waals surface area contributed by atoms with Crippen LogP contribution in [0.5, 0.6) is 0 Å². The Labute approximate surface area is 136 Å². The van der Waals surface area contributed by atoms with E-state index < -0.39 is 0 Å². The lowest BCUT2D eigenvalue weighted by Gasteiger charge is -2.34. The van der Waals surface area contributed by atoms with Crippen molar-refractivity contribution in [3.63, 3.8) is 0 Å². The lowest BCUT2D eigenvalue weighted by molar-refractivity contribution is -0.127. The molecule has 130 valence electrons. The van der Waals surface area contributed by atoms with Crippen molar-refractivity contribution in [3.8, 4) is 0 Å². The van der Waals surface area contributed by atoms with Gasteiger partial charge in [-0.1, -0.05) is 6.58 Å². The number of hydrogen-bond donors (Lipinski definition) is 2. The monoisotopic (exact) mass is 326 g/mol. The van der Waals surface area contributed by atoms with Gasteiger partial charge >= 0.3 is 0 Å². The van der Waals surface area contributed by atoms with Crippen molar-refractivity contribution in [1.82, 2.24) is 10.6 Å². The molecule has 0 aliphatic heterocycles. The average molecular weight is 326 g/mol. The number of hydrogen-bond acceptors (Lipinski definition) is 5. The van der Waals surface area contributed by atoms with Crippen LogP contribution in [0.15, 0.2) is 12.7 Å². The molecule has 7 heteroatoms. The number of ether oxygens (including phenoxy) is 2. The minimum Gasteiger partial charge on any atom is -0.384 e. The largest absolute Gasteiger partial charge is 0.384 e. The van der Waals surface area contributed by atoms with Gasteiger partial charge in [0.05, 0.1) is 19.8 Å². The van der Waals surface area contributed by atoms with E-state index in [2.05, 4.69) is 17.2 Å². The van der Waals surface area contributed by atoms with Crippen LogP contribution < -0.4 is 10.6 Å². The van der Waals surface area contributed by atoms with E-state index in [0.29, 0.717) is 45.6 Å². The quantitative estimate of drug-likeness (QED) is 0.395. The van der Waals surface area contributed by atoms with Crippen molar-refractivity contribution in [2.45, 2.75) is 31.7 Å². The van der Waals surface area contributed by atoms with Crippen LogP contribution in [0.25, 0.3) is 0 Å². The molecule has 2 amide bonds. The molecule has 23 heavy (non-hydrogen) atoms. The topological polar surface area (TPSA) is 93.7 Å². The number of allylic oxidation sites excluding steroid dienone is 1. The normalized spacial score (nSPS) is 19.5. The third kappa shape index (κ3) is 7.90. The first-order chi connectivity index (χ1) is 11.1. The Hall–Kier alpha value is -1.73. The molecule has 0 unspecified atom stereocenters. The Morgan fingerprint density at radius 3 is 2.48 bits per heavy atom. The Balaban J connectivity index is 1.94. The van der Waals surface area contributed by atoms with Gasteiger partial charge in [-0.2, -0.15) is 0 Å². The number of carbonyl (C=O) groups is 3. The van der Waals surface area contributed by atoms with Crippen LogP contribution in [0.3, 0.4) is 0 Å². The van der Waals surface area contributed by atoms with Gasteiger partial charge in [0, 0.05) is 38.5 Å². The predicted molar refractivity (Wildman–Crippen MR) is 84.8 cm³/mol. The van der Waals surface area contributed by atoms with E-state index in [0.717, 1.165) is 0 Å². The van der Waals surface area contributed by atoms with Crippen LogP contribution in [0.4, 0.5) is 0 Å². The lowest BCUT2D eigenvalue weighted by Crippen LogP contribution is -2.46. The molecule has 0 spiro atoms. The van der Waals surface area contributed by atoms with Crippen LogP contribution in [0.1, 0.15) is 25.7 Å². The van der Waals surface area contributed by atoms with Crippen molar-refractivity contribution >= 4 is 17.6 Å². The molecular formula is C16H26N2O5. The number of nitrogens with one attached hydrogen (secondary N) is 2. The maximum Gasteiger partial charge on any atom is 0.222 e. The molecule has 0 atom stereocenters. The maximum absolute atomic E-state index is 11.7. The highest BCUT2D eigenvalue weighted by atomic mass is 16.5. The van der Waals surface area contributed by atoms with Crippen molar-refractivity contribution in [1.29, 1.82) is 0 Å². The van der Waals surface area contributed by atoms with Crippen LogP contribution in [0, 0.1) is 5.92 Å². The van der Waals surface area contributed by atoms with Gasteiger partial charge in [-0.25, -0.2) is 0 Å². The summed E-state index contributed by atoms with van der Waals surface area (Å²) in [6, 6.07) is 0.0801. The zero-order valence-corrected chi connectivity index (χ0v) is 13.6. The summed E-state index contributed by atoms with van der Waals surface area (Å²) in [4.78, 5) is 34.2. The summed E-state index contributed by atoms with van der Waals surface area (Å²) in [5, 5.41) is 5.56. The van der Waals surface area contributed by atoms with E-state index in [1.807, 2.05) is 0 Å². The van der Waals surface area contributed by atoms with Gasteiger partial charge in [0.15, 0.2) is 5.78 Å². The minimum absolute atomic E-state index is 0.00997. The van der Waals surface area contributed by atoms with E-state index in [-0.39, 0.29) is 36.0 Å². The summed E-state index contributed by atoms with van der Waals surface area (Å²) < 4.78 is 10.1. The van der Waals surface area contributed by atoms with Crippen molar-refractivity contribution < 1.29 is 23.9 Å². The Kier molecular flexibility index (Phi) is 9.16. The van der Waals surface area contributed by atoms with Gasteiger partial charge in [-0.05, 0) is 18.9 Å². The molecule has 0 saturated heterocycles. The summed E-state index contributed by atoms with van der Waals surface area (Å²) in [6.07, 6.45) is 3.31. The zero-order valence-electron chi connectivity index (χ0n) is 13.6. The highest BCUT2D eigenvalue weighted by Crippen LogP contribution is 2.28. The summed E-state index contributed by atoms with van der Waals surface area (Å²) in [5.74, 6) is -0.104. The second-order valence-corrected chi connectivity index (χ2v) is 5.49. The van der Waals surface area contributed by atoms with Crippen LogP contribution in [0.2, 0.25) is 0 Å². The van der Waals surface area contributed by atoms with Gasteiger partial charge < -0.3 is 20.1 Å². The average Bonchev–Trinajstić information content (AvgIpc) is 2.50. The lowest BCUT2D eigenvalue weighted by atomic mass is 9.77. The number of carbonyl (C=O) groups excluding carboxylic acids is 3. The molecule has 0 heterocycles. The fourth-order valence-corrected chi connectivity index (χ4v) is 2.25. The first-order valence-corrected chi connectivity index (χ1v) is 7.85. The molecule has 1 aliphatic carbocycles. The zero-order chi connectivity index (χ0) is 17.1.